The fourth-order valence-electron chi connectivity index (χ4n) is 4.22. The molecule has 0 aromatic carbocycles. The first-order valence-corrected chi connectivity index (χ1v) is 12.9. The van der Waals surface area contributed by atoms with Gasteiger partial charge in [-0.1, -0.05) is 18.8 Å². The number of rotatable bonds is 7. The van der Waals surface area contributed by atoms with Crippen LogP contribution in [0.2, 0.25) is 0 Å². The molecule has 0 spiro atoms. The van der Waals surface area contributed by atoms with Gasteiger partial charge in [0.05, 0.1) is 12.0 Å². The molecule has 186 valence electrons. The second-order valence-electron chi connectivity index (χ2n) is 8.64. The summed E-state index contributed by atoms with van der Waals surface area (Å²) < 4.78 is 23.3. The predicted octanol–water partition coefficient (Wildman–Crippen LogP) is 0.289. The summed E-state index contributed by atoms with van der Waals surface area (Å²) >= 11 is 0. The number of aliphatic hydroxyl groups excluding tert-OH is 3. The van der Waals surface area contributed by atoms with Crippen molar-refractivity contribution in [2.24, 2.45) is 0 Å². The lowest BCUT2D eigenvalue weighted by Crippen LogP contribution is -2.33. The average molecular weight is 496 g/mol. The zero-order valence-corrected chi connectivity index (χ0v) is 19.5. The Kier molecular flexibility index (Phi) is 7.57. The maximum Gasteiger partial charge on any atom is 0.350 e. The quantitative estimate of drug-likeness (QED) is 0.229. The van der Waals surface area contributed by atoms with Crippen molar-refractivity contribution in [3.8, 4) is 11.8 Å². The highest BCUT2D eigenvalue weighted by Gasteiger charge is 2.44. The van der Waals surface area contributed by atoms with Gasteiger partial charge in [-0.05, 0) is 31.8 Å². The average Bonchev–Trinajstić information content (AvgIpc) is 3.48. The third-order valence-electron chi connectivity index (χ3n) is 5.81. The van der Waals surface area contributed by atoms with Gasteiger partial charge in [-0.15, -0.1) is 0 Å². The van der Waals surface area contributed by atoms with Gasteiger partial charge < -0.3 is 44.5 Å². The summed E-state index contributed by atoms with van der Waals surface area (Å²) in [4.78, 5) is 26.9. The largest absolute Gasteiger partial charge is 0.387 e. The molecule has 0 unspecified atom stereocenters. The van der Waals surface area contributed by atoms with Crippen LogP contribution >= 0.6 is 7.60 Å². The third-order valence-corrected chi connectivity index (χ3v) is 6.33. The van der Waals surface area contributed by atoms with E-state index in [0.717, 1.165) is 25.7 Å². The summed E-state index contributed by atoms with van der Waals surface area (Å²) in [7, 11) is -4.37. The van der Waals surface area contributed by atoms with Crippen molar-refractivity contribution in [3.63, 3.8) is 0 Å². The lowest BCUT2D eigenvalue weighted by Gasteiger charge is -2.18. The number of aliphatic hydroxyl groups is 3. The summed E-state index contributed by atoms with van der Waals surface area (Å²) in [6.45, 7) is 1.22. The topological polar surface area (TPSA) is 179 Å². The molecule has 12 nitrogen and oxygen atoms in total. The van der Waals surface area contributed by atoms with Gasteiger partial charge in [0.1, 0.15) is 42.2 Å². The standard InChI is InChI=1S/C21H29N4O8P/c1-12(26)6-7-16-23-19(22-13-4-2-3-5-13)14-8-9-25(20(14)24-16)21-18(28)17(27)15(33-21)10-32-11-34(29,30)31/h8-9,12-13,15,17-18,21,26-28H,2-5,10-11H2,1H3,(H,22,23,24)(H2,29,30,31)/t12-,15+,17+,18+,21+/m0/s1. The van der Waals surface area contributed by atoms with E-state index in [4.69, 9.17) is 19.3 Å². The van der Waals surface area contributed by atoms with E-state index >= 15 is 0 Å². The van der Waals surface area contributed by atoms with Crippen LogP contribution in [0.15, 0.2) is 12.3 Å². The van der Waals surface area contributed by atoms with Gasteiger partial charge in [0, 0.05) is 12.2 Å². The fourth-order valence-corrected chi connectivity index (χ4v) is 4.56. The van der Waals surface area contributed by atoms with Gasteiger partial charge in [-0.2, -0.15) is 0 Å². The lowest BCUT2D eigenvalue weighted by atomic mass is 10.1. The van der Waals surface area contributed by atoms with Gasteiger partial charge in [0.2, 0.25) is 5.82 Å². The van der Waals surface area contributed by atoms with Gasteiger partial charge >= 0.3 is 7.60 Å². The van der Waals surface area contributed by atoms with Crippen molar-refractivity contribution < 1.29 is 39.1 Å². The Morgan fingerprint density at radius 1 is 1.29 bits per heavy atom. The fraction of sp³-hybridized carbons (Fsp3) is 0.619. The van der Waals surface area contributed by atoms with Crippen LogP contribution in [0.5, 0.6) is 0 Å². The van der Waals surface area contributed by atoms with E-state index < -0.39 is 44.6 Å². The van der Waals surface area contributed by atoms with Crippen molar-refractivity contribution in [2.45, 2.75) is 69.3 Å². The first-order valence-electron chi connectivity index (χ1n) is 11.1. The Morgan fingerprint density at radius 3 is 2.71 bits per heavy atom. The molecule has 34 heavy (non-hydrogen) atoms. The lowest BCUT2D eigenvalue weighted by molar-refractivity contribution is -0.0610. The number of ether oxygens (including phenoxy) is 2. The van der Waals surface area contributed by atoms with Crippen molar-refractivity contribution in [3.05, 3.63) is 18.1 Å². The monoisotopic (exact) mass is 496 g/mol. The van der Waals surface area contributed by atoms with E-state index in [1.54, 1.807) is 16.8 Å². The van der Waals surface area contributed by atoms with E-state index in [9.17, 15) is 19.9 Å². The molecule has 1 aliphatic heterocycles. The summed E-state index contributed by atoms with van der Waals surface area (Å²) in [6, 6.07) is 2.04. The molecule has 1 saturated heterocycles. The molecule has 2 fully saturated rings. The van der Waals surface area contributed by atoms with Gasteiger partial charge in [0.15, 0.2) is 6.23 Å². The number of aromatic nitrogens is 3. The van der Waals surface area contributed by atoms with Crippen LogP contribution in [0.4, 0.5) is 5.82 Å². The second kappa shape index (κ2) is 10.3. The minimum Gasteiger partial charge on any atom is -0.387 e. The Morgan fingerprint density at radius 2 is 2.03 bits per heavy atom. The molecule has 0 amide bonds. The molecule has 4 rings (SSSR count). The van der Waals surface area contributed by atoms with Crippen molar-refractivity contribution in [2.75, 3.05) is 18.3 Å². The molecule has 3 heterocycles. The molecule has 0 bridgehead atoms. The van der Waals surface area contributed by atoms with E-state index in [1.807, 2.05) is 0 Å². The van der Waals surface area contributed by atoms with E-state index in [1.165, 1.54) is 6.92 Å². The molecule has 2 aromatic rings. The van der Waals surface area contributed by atoms with Crippen LogP contribution in [-0.4, -0.2) is 83.1 Å². The number of anilines is 1. The maximum absolute atomic E-state index is 11.0. The third kappa shape index (κ3) is 5.76. The second-order valence-corrected chi connectivity index (χ2v) is 10.2. The Balaban J connectivity index is 1.63. The van der Waals surface area contributed by atoms with Gasteiger partial charge in [-0.3, -0.25) is 4.57 Å². The molecule has 2 aromatic heterocycles. The van der Waals surface area contributed by atoms with Crippen LogP contribution in [0, 0.1) is 11.8 Å². The molecule has 2 aliphatic rings. The summed E-state index contributed by atoms with van der Waals surface area (Å²) in [5, 5.41) is 34.7. The summed E-state index contributed by atoms with van der Waals surface area (Å²) in [5.74, 6) is 6.15. The van der Waals surface area contributed by atoms with Crippen LogP contribution in [-0.2, 0) is 14.0 Å². The zero-order chi connectivity index (χ0) is 24.5. The number of fused-ring (bicyclic) bond motifs is 1. The van der Waals surface area contributed by atoms with Crippen molar-refractivity contribution >= 4 is 24.4 Å². The molecule has 13 heteroatoms. The molecule has 5 atom stereocenters. The minimum absolute atomic E-state index is 0.184. The van der Waals surface area contributed by atoms with Crippen molar-refractivity contribution in [1.82, 2.24) is 14.5 Å². The summed E-state index contributed by atoms with van der Waals surface area (Å²) in [5.41, 5.74) is 0.415. The Bertz CT molecular complexity index is 1120. The van der Waals surface area contributed by atoms with Crippen molar-refractivity contribution in [1.29, 1.82) is 0 Å². The molecular formula is C21H29N4O8P. The normalized spacial score (nSPS) is 26.5. The Hall–Kier alpha value is -2.07. The SMILES string of the molecule is C[C@H](O)C#Cc1nc(NC2CCCC2)c2ccn([C@@H]3O[C@H](COCP(=O)(O)O)[C@@H](O)[C@H]3O)c2n1. The molecular weight excluding hydrogens is 467 g/mol. The maximum atomic E-state index is 11.0. The van der Waals surface area contributed by atoms with Crippen LogP contribution in [0.3, 0.4) is 0 Å². The minimum atomic E-state index is -4.37. The van der Waals surface area contributed by atoms with E-state index in [-0.39, 0.29) is 18.5 Å². The van der Waals surface area contributed by atoms with Gasteiger partial charge in [0.25, 0.3) is 0 Å². The highest BCUT2D eigenvalue weighted by atomic mass is 31.2. The zero-order valence-electron chi connectivity index (χ0n) is 18.6. The molecule has 6 N–H and O–H groups in total. The smallest absolute Gasteiger partial charge is 0.350 e. The highest BCUT2D eigenvalue weighted by molar-refractivity contribution is 7.51. The first-order chi connectivity index (χ1) is 16.1. The highest BCUT2D eigenvalue weighted by Crippen LogP contribution is 2.36. The van der Waals surface area contributed by atoms with E-state index in [0.29, 0.717) is 16.9 Å². The molecule has 1 saturated carbocycles. The van der Waals surface area contributed by atoms with Crippen LogP contribution < -0.4 is 5.32 Å². The number of nitrogens with zero attached hydrogens (tertiary/aromatic N) is 3. The van der Waals surface area contributed by atoms with Crippen LogP contribution in [0.1, 0.15) is 44.7 Å². The number of hydrogen-bond donors (Lipinski definition) is 6. The molecule has 0 radical (unpaired) electrons. The predicted molar refractivity (Wildman–Crippen MR) is 121 cm³/mol. The Labute approximate surface area is 196 Å². The van der Waals surface area contributed by atoms with E-state index in [2.05, 4.69) is 27.1 Å². The molecule has 1 aliphatic carbocycles. The first kappa shape index (κ1) is 25.0. The summed E-state index contributed by atoms with van der Waals surface area (Å²) in [6.07, 6.45) is -0.423. The number of nitrogens with one attached hydrogen (secondary N) is 1. The van der Waals surface area contributed by atoms with Crippen LogP contribution in [0.25, 0.3) is 11.0 Å². The van der Waals surface area contributed by atoms with Gasteiger partial charge in [-0.25, -0.2) is 9.97 Å². The number of hydrogen-bond acceptors (Lipinski definition) is 9.